The number of carbonyl (C=O) groups excluding carboxylic acids is 2. The Kier molecular flexibility index (Phi) is 3.92. The zero-order valence-corrected chi connectivity index (χ0v) is 12.2. The number of hydrogen-bond acceptors (Lipinski definition) is 3. The van der Waals surface area contributed by atoms with Crippen molar-refractivity contribution in [2.45, 2.75) is 44.8 Å². The van der Waals surface area contributed by atoms with Crippen molar-refractivity contribution in [2.24, 2.45) is 0 Å². The molecule has 1 aromatic rings. The summed E-state index contributed by atoms with van der Waals surface area (Å²) in [5.41, 5.74) is 1.46. The molecule has 3 rings (SSSR count). The van der Waals surface area contributed by atoms with Crippen LogP contribution in [-0.4, -0.2) is 30.6 Å². The summed E-state index contributed by atoms with van der Waals surface area (Å²) < 4.78 is 5.40. The molecule has 0 spiro atoms. The van der Waals surface area contributed by atoms with Crippen LogP contribution in [0.2, 0.25) is 0 Å². The largest absolute Gasteiger partial charge is 0.368 e. The van der Waals surface area contributed by atoms with E-state index in [0.29, 0.717) is 12.3 Å². The topological polar surface area (TPSA) is 58.6 Å². The van der Waals surface area contributed by atoms with Gasteiger partial charge >= 0.3 is 0 Å². The minimum atomic E-state index is -0.371. The summed E-state index contributed by atoms with van der Waals surface area (Å²) in [7, 11) is 0. The van der Waals surface area contributed by atoms with E-state index >= 15 is 0 Å². The Labute approximate surface area is 124 Å². The van der Waals surface area contributed by atoms with Crippen molar-refractivity contribution in [2.75, 3.05) is 16.8 Å². The summed E-state index contributed by atoms with van der Waals surface area (Å²) in [4.78, 5) is 25.9. The van der Waals surface area contributed by atoms with Crippen LogP contribution in [-0.2, 0) is 14.3 Å². The van der Waals surface area contributed by atoms with Gasteiger partial charge in [-0.3, -0.25) is 9.59 Å². The molecular weight excluding hydrogens is 268 g/mol. The highest BCUT2D eigenvalue weighted by molar-refractivity contribution is 6.02. The Morgan fingerprint density at radius 1 is 1.24 bits per heavy atom. The van der Waals surface area contributed by atoms with Crippen LogP contribution in [0.3, 0.4) is 0 Å². The quantitative estimate of drug-likeness (QED) is 0.925. The first-order valence-corrected chi connectivity index (χ1v) is 7.48. The molecule has 1 heterocycles. The van der Waals surface area contributed by atoms with Crippen LogP contribution in [0.1, 0.15) is 32.6 Å². The number of anilines is 2. The second kappa shape index (κ2) is 5.85. The minimum absolute atomic E-state index is 0.0105. The van der Waals surface area contributed by atoms with E-state index in [2.05, 4.69) is 5.32 Å². The summed E-state index contributed by atoms with van der Waals surface area (Å²) in [6.07, 6.45) is 3.35. The molecule has 21 heavy (non-hydrogen) atoms. The van der Waals surface area contributed by atoms with Gasteiger partial charge in [-0.1, -0.05) is 12.1 Å². The lowest BCUT2D eigenvalue weighted by Crippen LogP contribution is -2.33. The van der Waals surface area contributed by atoms with Crippen molar-refractivity contribution < 1.29 is 14.3 Å². The van der Waals surface area contributed by atoms with Gasteiger partial charge in [0.1, 0.15) is 6.10 Å². The lowest BCUT2D eigenvalue weighted by Gasteiger charge is -2.24. The standard InChI is InChI=1S/C16H20N2O3/c1-11(19)18(12-8-9-12)14-6-3-2-5-13(14)17-16(20)15-7-4-10-21-15/h2-3,5-6,12,15H,4,7-10H2,1H3,(H,17,20). The Balaban J connectivity index is 1.81. The van der Waals surface area contributed by atoms with Crippen molar-refractivity contribution >= 4 is 23.2 Å². The van der Waals surface area contributed by atoms with E-state index in [0.717, 1.165) is 31.4 Å². The molecule has 1 aliphatic heterocycles. The molecule has 1 aromatic carbocycles. The molecule has 1 atom stereocenters. The summed E-state index contributed by atoms with van der Waals surface area (Å²) in [5, 5.41) is 2.91. The fourth-order valence-electron chi connectivity index (χ4n) is 2.74. The van der Waals surface area contributed by atoms with Crippen molar-refractivity contribution in [3.63, 3.8) is 0 Å². The zero-order chi connectivity index (χ0) is 14.8. The smallest absolute Gasteiger partial charge is 0.253 e. The van der Waals surface area contributed by atoms with Crippen molar-refractivity contribution in [1.82, 2.24) is 0 Å². The van der Waals surface area contributed by atoms with E-state index in [1.807, 2.05) is 24.3 Å². The molecule has 2 fully saturated rings. The van der Waals surface area contributed by atoms with E-state index in [-0.39, 0.29) is 24.0 Å². The molecule has 0 bridgehead atoms. The Bertz CT molecular complexity index is 548. The first-order valence-electron chi connectivity index (χ1n) is 7.48. The van der Waals surface area contributed by atoms with Gasteiger partial charge in [0.25, 0.3) is 5.91 Å². The molecule has 0 aromatic heterocycles. The van der Waals surface area contributed by atoms with Gasteiger partial charge in [0.2, 0.25) is 5.91 Å². The highest BCUT2D eigenvalue weighted by Crippen LogP contribution is 2.36. The first kappa shape index (κ1) is 14.1. The van der Waals surface area contributed by atoms with Crippen molar-refractivity contribution in [3.8, 4) is 0 Å². The van der Waals surface area contributed by atoms with Crippen molar-refractivity contribution in [1.29, 1.82) is 0 Å². The number of carbonyl (C=O) groups is 2. The molecule has 1 saturated carbocycles. The maximum atomic E-state index is 12.2. The first-order chi connectivity index (χ1) is 10.2. The predicted octanol–water partition coefficient (Wildman–Crippen LogP) is 2.32. The van der Waals surface area contributed by atoms with Crippen LogP contribution in [0.4, 0.5) is 11.4 Å². The van der Waals surface area contributed by atoms with E-state index in [1.54, 1.807) is 11.8 Å². The van der Waals surface area contributed by atoms with Crippen LogP contribution in [0.5, 0.6) is 0 Å². The minimum Gasteiger partial charge on any atom is -0.368 e. The fourth-order valence-corrected chi connectivity index (χ4v) is 2.74. The number of hydrogen-bond donors (Lipinski definition) is 1. The molecule has 2 aliphatic rings. The molecule has 1 aliphatic carbocycles. The van der Waals surface area contributed by atoms with E-state index < -0.39 is 0 Å². The van der Waals surface area contributed by atoms with Crippen LogP contribution >= 0.6 is 0 Å². The number of ether oxygens (including phenoxy) is 1. The lowest BCUT2D eigenvalue weighted by atomic mass is 10.2. The maximum absolute atomic E-state index is 12.2. The van der Waals surface area contributed by atoms with E-state index in [4.69, 9.17) is 4.74 Å². The third-order valence-corrected chi connectivity index (χ3v) is 3.89. The second-order valence-corrected chi connectivity index (χ2v) is 5.63. The Morgan fingerprint density at radius 3 is 2.62 bits per heavy atom. The van der Waals surface area contributed by atoms with Gasteiger partial charge in [-0.15, -0.1) is 0 Å². The van der Waals surface area contributed by atoms with Gasteiger partial charge in [-0.2, -0.15) is 0 Å². The molecule has 1 saturated heterocycles. The normalized spacial score (nSPS) is 21.1. The Morgan fingerprint density at radius 2 is 2.00 bits per heavy atom. The SMILES string of the molecule is CC(=O)N(c1ccccc1NC(=O)C1CCCO1)C1CC1. The van der Waals surface area contributed by atoms with Gasteiger partial charge in [-0.05, 0) is 37.8 Å². The second-order valence-electron chi connectivity index (χ2n) is 5.63. The van der Waals surface area contributed by atoms with E-state index in [1.165, 1.54) is 0 Å². The van der Waals surface area contributed by atoms with Crippen LogP contribution < -0.4 is 10.2 Å². The average molecular weight is 288 g/mol. The zero-order valence-electron chi connectivity index (χ0n) is 12.2. The third kappa shape index (κ3) is 3.08. The molecule has 1 unspecified atom stereocenters. The molecule has 5 heteroatoms. The van der Waals surface area contributed by atoms with Gasteiger partial charge < -0.3 is 15.0 Å². The van der Waals surface area contributed by atoms with E-state index in [9.17, 15) is 9.59 Å². The summed E-state index contributed by atoms with van der Waals surface area (Å²) in [5.74, 6) is -0.115. The monoisotopic (exact) mass is 288 g/mol. The Hall–Kier alpha value is -1.88. The number of benzene rings is 1. The van der Waals surface area contributed by atoms with Crippen molar-refractivity contribution in [3.05, 3.63) is 24.3 Å². The van der Waals surface area contributed by atoms with Crippen LogP contribution in [0, 0.1) is 0 Å². The number of amides is 2. The van der Waals surface area contributed by atoms with Gasteiger partial charge in [0.15, 0.2) is 0 Å². The fraction of sp³-hybridized carbons (Fsp3) is 0.500. The summed E-state index contributed by atoms with van der Waals surface area (Å²) in [6.45, 7) is 2.21. The molecule has 2 amide bonds. The average Bonchev–Trinajstić information content (AvgIpc) is 3.13. The third-order valence-electron chi connectivity index (χ3n) is 3.89. The molecule has 0 radical (unpaired) electrons. The lowest BCUT2D eigenvalue weighted by molar-refractivity contribution is -0.124. The van der Waals surface area contributed by atoms with Gasteiger partial charge in [0.05, 0.1) is 11.4 Å². The van der Waals surface area contributed by atoms with Crippen LogP contribution in [0.15, 0.2) is 24.3 Å². The molecular formula is C16H20N2O3. The number of nitrogens with zero attached hydrogens (tertiary/aromatic N) is 1. The molecule has 5 nitrogen and oxygen atoms in total. The number of para-hydroxylation sites is 2. The predicted molar refractivity (Wildman–Crippen MR) is 80.2 cm³/mol. The number of nitrogens with one attached hydrogen (secondary N) is 1. The maximum Gasteiger partial charge on any atom is 0.253 e. The molecule has 112 valence electrons. The summed E-state index contributed by atoms with van der Waals surface area (Å²) >= 11 is 0. The highest BCUT2D eigenvalue weighted by Gasteiger charge is 2.33. The van der Waals surface area contributed by atoms with Crippen LogP contribution in [0.25, 0.3) is 0 Å². The summed E-state index contributed by atoms with van der Waals surface area (Å²) in [6, 6.07) is 7.73. The number of rotatable bonds is 4. The molecule has 1 N–H and O–H groups in total. The van der Waals surface area contributed by atoms with Gasteiger partial charge in [0, 0.05) is 19.6 Å². The highest BCUT2D eigenvalue weighted by atomic mass is 16.5. The van der Waals surface area contributed by atoms with Gasteiger partial charge in [-0.25, -0.2) is 0 Å².